The minimum Gasteiger partial charge on any atom is -0.347 e. The number of amides is 1. The van der Waals surface area contributed by atoms with Crippen LogP contribution in [-0.4, -0.2) is 33.8 Å². The lowest BCUT2D eigenvalue weighted by Crippen LogP contribution is -2.54. The van der Waals surface area contributed by atoms with E-state index in [4.69, 9.17) is 11.6 Å². The Morgan fingerprint density at radius 2 is 2.19 bits per heavy atom. The highest BCUT2D eigenvalue weighted by Gasteiger charge is 2.41. The molecule has 0 unspecified atom stereocenters. The molecule has 1 fully saturated rings. The number of aromatic nitrogens is 3. The number of halogens is 2. The van der Waals surface area contributed by atoms with Crippen LogP contribution in [0.2, 0.25) is 5.02 Å². The van der Waals surface area contributed by atoms with Gasteiger partial charge in [0.15, 0.2) is 0 Å². The summed E-state index contributed by atoms with van der Waals surface area (Å²) < 4.78 is 2.86. The lowest BCUT2D eigenvalue weighted by Gasteiger charge is -2.36. The Kier molecular flexibility index (Phi) is 5.82. The molecule has 26 heavy (non-hydrogen) atoms. The Bertz CT molecular complexity index is 890. The first-order valence-electron chi connectivity index (χ1n) is 8.21. The maximum atomic E-state index is 13.0. The monoisotopic (exact) mass is 411 g/mol. The summed E-state index contributed by atoms with van der Waals surface area (Å²) >= 11 is 7.58. The standard InChI is InChI=1S/C17H18ClN5OS.ClH/c18-12-2-3-14-13(10-12)22-15(25-14)11-20-16(24)17(4-7-19-8-5-17)23-9-1-6-21-23;/h1-3,6,9-10,19H,4-5,7-8,11H2,(H,20,24);1H. The third kappa shape index (κ3) is 3.57. The zero-order valence-electron chi connectivity index (χ0n) is 13.9. The summed E-state index contributed by atoms with van der Waals surface area (Å²) in [7, 11) is 0. The number of piperidine rings is 1. The molecule has 3 heterocycles. The van der Waals surface area contributed by atoms with Gasteiger partial charge in [-0.05, 0) is 50.2 Å². The van der Waals surface area contributed by atoms with Crippen molar-refractivity contribution in [3.8, 4) is 0 Å². The van der Waals surface area contributed by atoms with Gasteiger partial charge in [0.1, 0.15) is 10.5 Å². The third-order valence-corrected chi connectivity index (χ3v) is 5.86. The Labute approximate surface area is 166 Å². The van der Waals surface area contributed by atoms with Crippen molar-refractivity contribution in [2.75, 3.05) is 13.1 Å². The normalized spacial score (nSPS) is 16.2. The number of thiazole rings is 1. The van der Waals surface area contributed by atoms with Gasteiger partial charge in [-0.3, -0.25) is 9.48 Å². The van der Waals surface area contributed by atoms with Gasteiger partial charge >= 0.3 is 0 Å². The molecule has 138 valence electrons. The largest absolute Gasteiger partial charge is 0.347 e. The molecule has 1 aromatic carbocycles. The van der Waals surface area contributed by atoms with Crippen LogP contribution in [0.15, 0.2) is 36.7 Å². The van der Waals surface area contributed by atoms with E-state index >= 15 is 0 Å². The first-order chi connectivity index (χ1) is 12.2. The SMILES string of the molecule is Cl.O=C(NCc1nc2cc(Cl)ccc2s1)C1(n2cccn2)CCNCC1. The number of carbonyl (C=O) groups excluding carboxylic acids is 1. The van der Waals surface area contributed by atoms with Crippen LogP contribution < -0.4 is 10.6 Å². The number of nitrogens with one attached hydrogen (secondary N) is 2. The summed E-state index contributed by atoms with van der Waals surface area (Å²) in [6.45, 7) is 2.01. The van der Waals surface area contributed by atoms with Crippen LogP contribution in [0, 0.1) is 0 Å². The Morgan fingerprint density at radius 3 is 2.92 bits per heavy atom. The summed E-state index contributed by atoms with van der Waals surface area (Å²) in [4.78, 5) is 17.6. The van der Waals surface area contributed by atoms with Crippen LogP contribution in [0.4, 0.5) is 0 Å². The molecule has 2 N–H and O–H groups in total. The lowest BCUT2D eigenvalue weighted by atomic mass is 9.87. The molecule has 0 radical (unpaired) electrons. The van der Waals surface area contributed by atoms with E-state index in [0.29, 0.717) is 11.6 Å². The van der Waals surface area contributed by atoms with Crippen molar-refractivity contribution in [2.24, 2.45) is 0 Å². The molecule has 0 bridgehead atoms. The van der Waals surface area contributed by atoms with E-state index < -0.39 is 5.54 Å². The van der Waals surface area contributed by atoms with Crippen molar-refractivity contribution in [3.05, 3.63) is 46.7 Å². The lowest BCUT2D eigenvalue weighted by molar-refractivity contribution is -0.132. The number of benzene rings is 1. The minimum atomic E-state index is -0.630. The molecule has 3 aromatic rings. The molecule has 0 aliphatic carbocycles. The van der Waals surface area contributed by atoms with Gasteiger partial charge in [0, 0.05) is 17.4 Å². The van der Waals surface area contributed by atoms with Crippen molar-refractivity contribution < 1.29 is 4.79 Å². The fourth-order valence-electron chi connectivity index (χ4n) is 3.27. The van der Waals surface area contributed by atoms with Gasteiger partial charge in [-0.2, -0.15) is 5.10 Å². The van der Waals surface area contributed by atoms with E-state index in [0.717, 1.165) is 41.2 Å². The molecule has 9 heteroatoms. The fourth-order valence-corrected chi connectivity index (χ4v) is 4.32. The maximum Gasteiger partial charge on any atom is 0.248 e. The first kappa shape index (κ1) is 19.1. The minimum absolute atomic E-state index is 0. The number of hydrogen-bond donors (Lipinski definition) is 2. The van der Waals surface area contributed by atoms with E-state index in [1.807, 2.05) is 30.5 Å². The zero-order valence-corrected chi connectivity index (χ0v) is 16.3. The van der Waals surface area contributed by atoms with Crippen LogP contribution >= 0.6 is 35.3 Å². The first-order valence-corrected chi connectivity index (χ1v) is 9.41. The number of hydrogen-bond acceptors (Lipinski definition) is 5. The molecule has 0 spiro atoms. The van der Waals surface area contributed by atoms with E-state index in [-0.39, 0.29) is 18.3 Å². The van der Waals surface area contributed by atoms with Gasteiger partial charge in [-0.25, -0.2) is 4.98 Å². The maximum absolute atomic E-state index is 13.0. The van der Waals surface area contributed by atoms with Crippen LogP contribution in [0.1, 0.15) is 17.8 Å². The average Bonchev–Trinajstić information content (AvgIpc) is 3.29. The molecule has 4 rings (SSSR count). The van der Waals surface area contributed by atoms with Crippen LogP contribution in [0.3, 0.4) is 0 Å². The second-order valence-electron chi connectivity index (χ2n) is 6.13. The Hall–Kier alpha value is -1.67. The van der Waals surface area contributed by atoms with E-state index in [2.05, 4.69) is 20.7 Å². The molecule has 1 aliphatic rings. The number of nitrogens with zero attached hydrogens (tertiary/aromatic N) is 3. The van der Waals surface area contributed by atoms with E-state index in [1.54, 1.807) is 22.2 Å². The summed E-state index contributed by atoms with van der Waals surface area (Å²) in [5.41, 5.74) is 0.236. The molecule has 2 aromatic heterocycles. The Balaban J connectivity index is 0.00000196. The molecule has 1 aliphatic heterocycles. The van der Waals surface area contributed by atoms with Crippen LogP contribution in [-0.2, 0) is 16.9 Å². The van der Waals surface area contributed by atoms with Gasteiger partial charge in [0.25, 0.3) is 0 Å². The summed E-state index contributed by atoms with van der Waals surface area (Å²) in [5.74, 6) is -0.00464. The predicted octanol–water partition coefficient (Wildman–Crippen LogP) is 2.96. The molecule has 0 atom stereocenters. The van der Waals surface area contributed by atoms with Crippen molar-refractivity contribution >= 4 is 51.5 Å². The van der Waals surface area contributed by atoms with Crippen molar-refractivity contribution in [1.82, 2.24) is 25.4 Å². The van der Waals surface area contributed by atoms with Crippen molar-refractivity contribution in [1.29, 1.82) is 0 Å². The quantitative estimate of drug-likeness (QED) is 0.691. The molecule has 0 saturated carbocycles. The average molecular weight is 412 g/mol. The smallest absolute Gasteiger partial charge is 0.248 e. The highest BCUT2D eigenvalue weighted by molar-refractivity contribution is 7.18. The summed E-state index contributed by atoms with van der Waals surface area (Å²) in [5, 5.41) is 12.2. The van der Waals surface area contributed by atoms with E-state index in [1.165, 1.54) is 0 Å². The fraction of sp³-hybridized carbons (Fsp3) is 0.353. The molecule has 6 nitrogen and oxygen atoms in total. The van der Waals surface area contributed by atoms with Gasteiger partial charge in [0.2, 0.25) is 5.91 Å². The molecular formula is C17H19Cl2N5OS. The predicted molar refractivity (Wildman–Crippen MR) is 106 cm³/mol. The molecule has 1 saturated heterocycles. The highest BCUT2D eigenvalue weighted by Crippen LogP contribution is 2.28. The number of fused-ring (bicyclic) bond motifs is 1. The number of rotatable bonds is 4. The van der Waals surface area contributed by atoms with Gasteiger partial charge in [-0.15, -0.1) is 23.7 Å². The van der Waals surface area contributed by atoms with Gasteiger partial charge in [0.05, 0.1) is 16.8 Å². The van der Waals surface area contributed by atoms with E-state index in [9.17, 15) is 4.79 Å². The third-order valence-electron chi connectivity index (χ3n) is 4.59. The van der Waals surface area contributed by atoms with Crippen LogP contribution in [0.25, 0.3) is 10.2 Å². The molecule has 1 amide bonds. The highest BCUT2D eigenvalue weighted by atomic mass is 35.5. The second kappa shape index (κ2) is 7.92. The van der Waals surface area contributed by atoms with Gasteiger partial charge in [-0.1, -0.05) is 11.6 Å². The van der Waals surface area contributed by atoms with Crippen molar-refractivity contribution in [2.45, 2.75) is 24.9 Å². The van der Waals surface area contributed by atoms with Gasteiger partial charge < -0.3 is 10.6 Å². The van der Waals surface area contributed by atoms with Crippen LogP contribution in [0.5, 0.6) is 0 Å². The zero-order chi connectivity index (χ0) is 17.3. The second-order valence-corrected chi connectivity index (χ2v) is 7.69. The Morgan fingerprint density at radius 1 is 1.38 bits per heavy atom. The number of carbonyl (C=O) groups is 1. The topological polar surface area (TPSA) is 71.8 Å². The summed E-state index contributed by atoms with van der Waals surface area (Å²) in [6.07, 6.45) is 5.02. The van der Waals surface area contributed by atoms with Crippen molar-refractivity contribution in [3.63, 3.8) is 0 Å². The molecular weight excluding hydrogens is 393 g/mol. The summed E-state index contributed by atoms with van der Waals surface area (Å²) in [6, 6.07) is 7.51.